The number of benzene rings is 1. The predicted octanol–water partition coefficient (Wildman–Crippen LogP) is 0.990. The summed E-state index contributed by atoms with van der Waals surface area (Å²) in [7, 11) is -1.75. The molecule has 0 fully saturated rings. The second-order valence-corrected chi connectivity index (χ2v) is 3.77. The molecule has 2 N–H and O–H groups in total. The summed E-state index contributed by atoms with van der Waals surface area (Å²) >= 11 is 1.62. The molecule has 1 aromatic rings. The molecule has 0 aliphatic carbocycles. The van der Waals surface area contributed by atoms with Crippen LogP contribution in [-0.4, -0.2) is 17.2 Å². The summed E-state index contributed by atoms with van der Waals surface area (Å²) in [6.07, 6.45) is -4.40. The summed E-state index contributed by atoms with van der Waals surface area (Å²) in [4.78, 5) is 0. The standard InChI is InChI=1S/C7H5BF3IO2/c9-7(10,11)4-1-2-5(8(13)14)6(12)3-4/h1-3,13-14H. The molecule has 0 radical (unpaired) electrons. The fourth-order valence-corrected chi connectivity index (χ4v) is 1.71. The van der Waals surface area contributed by atoms with E-state index in [1.807, 2.05) is 0 Å². The molecular formula is C7H5BF3IO2. The van der Waals surface area contributed by atoms with Gasteiger partial charge in [-0.2, -0.15) is 13.2 Å². The maximum atomic E-state index is 12.2. The molecule has 0 aliphatic rings. The summed E-state index contributed by atoms with van der Waals surface area (Å²) in [6, 6.07) is 2.74. The number of halogens is 4. The van der Waals surface area contributed by atoms with Crippen LogP contribution in [0.1, 0.15) is 5.56 Å². The molecule has 76 valence electrons. The molecule has 0 aromatic heterocycles. The molecule has 14 heavy (non-hydrogen) atoms. The van der Waals surface area contributed by atoms with Gasteiger partial charge in [0.25, 0.3) is 0 Å². The maximum absolute atomic E-state index is 12.2. The van der Waals surface area contributed by atoms with Crippen LogP contribution in [-0.2, 0) is 6.18 Å². The van der Waals surface area contributed by atoms with Gasteiger partial charge in [0.15, 0.2) is 0 Å². The minimum absolute atomic E-state index is 0.0681. The third-order valence-electron chi connectivity index (χ3n) is 1.61. The molecule has 7 heteroatoms. The van der Waals surface area contributed by atoms with Crippen LogP contribution in [0.2, 0.25) is 0 Å². The van der Waals surface area contributed by atoms with E-state index in [0.29, 0.717) is 0 Å². The van der Waals surface area contributed by atoms with Gasteiger partial charge in [0.05, 0.1) is 5.56 Å². The summed E-state index contributed by atoms with van der Waals surface area (Å²) in [5.41, 5.74) is -0.732. The Labute approximate surface area is 92.0 Å². The largest absolute Gasteiger partial charge is 0.489 e. The first-order valence-electron chi connectivity index (χ1n) is 3.55. The van der Waals surface area contributed by atoms with Gasteiger partial charge in [0.1, 0.15) is 0 Å². The monoisotopic (exact) mass is 316 g/mol. The van der Waals surface area contributed by atoms with E-state index in [-0.39, 0.29) is 9.03 Å². The van der Waals surface area contributed by atoms with Gasteiger partial charge in [-0.3, -0.25) is 0 Å². The van der Waals surface area contributed by atoms with E-state index < -0.39 is 18.9 Å². The zero-order valence-corrected chi connectivity index (χ0v) is 8.87. The van der Waals surface area contributed by atoms with Crippen LogP contribution in [0.3, 0.4) is 0 Å². The molecule has 0 atom stereocenters. The lowest BCUT2D eigenvalue weighted by Crippen LogP contribution is -2.32. The minimum Gasteiger partial charge on any atom is -0.423 e. The Morgan fingerprint density at radius 1 is 1.21 bits per heavy atom. The highest BCUT2D eigenvalue weighted by molar-refractivity contribution is 14.1. The Kier molecular flexibility index (Phi) is 3.43. The Balaban J connectivity index is 3.13. The molecule has 0 saturated heterocycles. The van der Waals surface area contributed by atoms with Crippen molar-refractivity contribution in [2.75, 3.05) is 0 Å². The van der Waals surface area contributed by atoms with Crippen molar-refractivity contribution in [1.82, 2.24) is 0 Å². The fraction of sp³-hybridized carbons (Fsp3) is 0.143. The number of rotatable bonds is 1. The van der Waals surface area contributed by atoms with Gasteiger partial charge < -0.3 is 10.0 Å². The van der Waals surface area contributed by atoms with Crippen molar-refractivity contribution >= 4 is 35.2 Å². The number of hydrogen-bond acceptors (Lipinski definition) is 2. The predicted molar refractivity (Wildman–Crippen MR) is 54.0 cm³/mol. The average molecular weight is 316 g/mol. The van der Waals surface area contributed by atoms with Crippen molar-refractivity contribution in [2.45, 2.75) is 6.18 Å². The highest BCUT2D eigenvalue weighted by Gasteiger charge is 2.31. The highest BCUT2D eigenvalue weighted by Crippen LogP contribution is 2.29. The molecule has 0 unspecified atom stereocenters. The Hall–Kier alpha value is -0.275. The summed E-state index contributed by atoms with van der Waals surface area (Å²) in [6.45, 7) is 0. The van der Waals surface area contributed by atoms with E-state index in [9.17, 15) is 13.2 Å². The molecule has 0 heterocycles. The van der Waals surface area contributed by atoms with E-state index in [4.69, 9.17) is 10.0 Å². The first kappa shape index (κ1) is 11.8. The van der Waals surface area contributed by atoms with E-state index in [0.717, 1.165) is 18.2 Å². The van der Waals surface area contributed by atoms with Crippen LogP contribution in [0.15, 0.2) is 18.2 Å². The van der Waals surface area contributed by atoms with Crippen molar-refractivity contribution in [1.29, 1.82) is 0 Å². The molecular weight excluding hydrogens is 311 g/mol. The van der Waals surface area contributed by atoms with Gasteiger partial charge in [-0.1, -0.05) is 12.1 Å². The zero-order chi connectivity index (χ0) is 10.9. The lowest BCUT2D eigenvalue weighted by Gasteiger charge is -2.09. The van der Waals surface area contributed by atoms with Crippen LogP contribution in [0.4, 0.5) is 13.2 Å². The van der Waals surface area contributed by atoms with E-state index in [1.165, 1.54) is 0 Å². The third kappa shape index (κ3) is 2.61. The summed E-state index contributed by atoms with van der Waals surface area (Å²) in [5, 5.41) is 17.5. The van der Waals surface area contributed by atoms with Crippen LogP contribution in [0.25, 0.3) is 0 Å². The summed E-state index contributed by atoms with van der Waals surface area (Å²) < 4.78 is 36.7. The van der Waals surface area contributed by atoms with Crippen molar-refractivity contribution < 1.29 is 23.2 Å². The number of alkyl halides is 3. The van der Waals surface area contributed by atoms with Crippen LogP contribution >= 0.6 is 22.6 Å². The second-order valence-electron chi connectivity index (χ2n) is 2.61. The Bertz CT molecular complexity index is 340. The molecule has 0 aliphatic heterocycles. The first-order chi connectivity index (χ1) is 6.32. The lowest BCUT2D eigenvalue weighted by atomic mass is 9.80. The minimum atomic E-state index is -4.40. The molecule has 1 aromatic carbocycles. The van der Waals surface area contributed by atoms with Crippen molar-refractivity contribution in [2.24, 2.45) is 0 Å². The molecule has 1 rings (SSSR count). The smallest absolute Gasteiger partial charge is 0.423 e. The zero-order valence-electron chi connectivity index (χ0n) is 6.72. The number of hydrogen-bond donors (Lipinski definition) is 2. The second kappa shape index (κ2) is 4.07. The van der Waals surface area contributed by atoms with E-state index in [1.54, 1.807) is 22.6 Å². The molecule has 2 nitrogen and oxygen atoms in total. The lowest BCUT2D eigenvalue weighted by molar-refractivity contribution is -0.137. The molecule has 0 saturated carbocycles. The fourth-order valence-electron chi connectivity index (χ4n) is 0.913. The van der Waals surface area contributed by atoms with Crippen molar-refractivity contribution in [3.63, 3.8) is 0 Å². The molecule has 0 spiro atoms. The van der Waals surface area contributed by atoms with E-state index in [2.05, 4.69) is 0 Å². The van der Waals surface area contributed by atoms with Gasteiger partial charge in [0.2, 0.25) is 0 Å². The first-order valence-corrected chi connectivity index (χ1v) is 4.63. The molecule has 0 bridgehead atoms. The van der Waals surface area contributed by atoms with Crippen LogP contribution in [0, 0.1) is 3.57 Å². The normalized spacial score (nSPS) is 11.6. The average Bonchev–Trinajstić information content (AvgIpc) is 2.01. The van der Waals surface area contributed by atoms with E-state index >= 15 is 0 Å². The highest BCUT2D eigenvalue weighted by atomic mass is 127. The molecule has 0 amide bonds. The van der Waals surface area contributed by atoms with Crippen molar-refractivity contribution in [3.8, 4) is 0 Å². The SMILES string of the molecule is OB(O)c1ccc(C(F)(F)F)cc1I. The Morgan fingerprint density at radius 3 is 2.14 bits per heavy atom. The quantitative estimate of drug-likeness (QED) is 0.599. The Morgan fingerprint density at radius 2 is 1.79 bits per heavy atom. The third-order valence-corrected chi connectivity index (χ3v) is 2.54. The van der Waals surface area contributed by atoms with Gasteiger partial charge in [-0.25, -0.2) is 0 Å². The van der Waals surface area contributed by atoms with Gasteiger partial charge in [-0.15, -0.1) is 0 Å². The van der Waals surface area contributed by atoms with Crippen molar-refractivity contribution in [3.05, 3.63) is 27.3 Å². The van der Waals surface area contributed by atoms with Gasteiger partial charge in [0, 0.05) is 3.57 Å². The topological polar surface area (TPSA) is 40.5 Å². The van der Waals surface area contributed by atoms with Gasteiger partial charge >= 0.3 is 13.3 Å². The maximum Gasteiger partial charge on any atom is 0.489 e. The van der Waals surface area contributed by atoms with Crippen LogP contribution in [0.5, 0.6) is 0 Å². The summed E-state index contributed by atoms with van der Waals surface area (Å²) in [5.74, 6) is 0. The van der Waals surface area contributed by atoms with Crippen LogP contribution < -0.4 is 5.46 Å². The van der Waals surface area contributed by atoms with Gasteiger partial charge in [-0.05, 0) is 34.1 Å².